The van der Waals surface area contributed by atoms with Crippen molar-refractivity contribution in [2.45, 2.75) is 113 Å². The van der Waals surface area contributed by atoms with Crippen LogP contribution in [0, 0.1) is 0 Å². The molecule has 0 heterocycles. The first-order valence-corrected chi connectivity index (χ1v) is 20.3. The Hall–Kier alpha value is -0.259. The van der Waals surface area contributed by atoms with Gasteiger partial charge in [-0.15, -0.1) is 0 Å². The van der Waals surface area contributed by atoms with E-state index >= 15 is 0 Å². The summed E-state index contributed by atoms with van der Waals surface area (Å²) in [4.78, 5) is 1.65. The molecule has 0 amide bonds. The summed E-state index contributed by atoms with van der Waals surface area (Å²) < 4.78 is 156. The van der Waals surface area contributed by atoms with Crippen LogP contribution in [0.2, 0.25) is 18.1 Å². The first-order chi connectivity index (χ1) is 19.7. The summed E-state index contributed by atoms with van der Waals surface area (Å²) in [7, 11) is -4.61. The Morgan fingerprint density at radius 3 is 0.744 bits per heavy atom. The van der Waals surface area contributed by atoms with Crippen molar-refractivity contribution in [3.63, 3.8) is 0 Å². The molecule has 0 aliphatic carbocycles. The molecule has 0 aromatic rings. The maximum atomic E-state index is 13.5. The van der Waals surface area contributed by atoms with Gasteiger partial charge < -0.3 is 26.6 Å². The summed E-state index contributed by atoms with van der Waals surface area (Å²) in [6.45, 7) is 4.96. The second-order valence-corrected chi connectivity index (χ2v) is 21.0. The van der Waals surface area contributed by atoms with Crippen LogP contribution in [0.1, 0.15) is 59.3 Å². The van der Waals surface area contributed by atoms with E-state index in [1.165, 1.54) is 42.7 Å². The SMILES string of the molecule is CCC(N(C(CC)[Si](CCC(F)(F)F)(OC)OC)C(CC)[Si](CCC(F)(F)F)(OC)OC)[Si](CCC(F)(F)F)(OC)OC. The Morgan fingerprint density at radius 2 is 0.628 bits per heavy atom. The van der Waals surface area contributed by atoms with Gasteiger partial charge in [-0.1, -0.05) is 20.8 Å². The lowest BCUT2D eigenvalue weighted by atomic mass is 10.3. The molecule has 0 rings (SSSR count). The standard InChI is InChI=1S/C24H48F9NO6Si3/c1-10-19(41(35-4,36-5)16-13-22(25,26)27)34(20(11-2)42(37-6,38-7)17-14-23(28,29)30)21(12-3)43(39-8,40-9)18-15-24(31,32)33/h19-21H,10-18H2,1-9H3. The van der Waals surface area contributed by atoms with Crippen LogP contribution in [-0.4, -0.2) is 109 Å². The molecule has 0 saturated carbocycles. The monoisotopic (exact) mass is 701 g/mol. The van der Waals surface area contributed by atoms with Crippen molar-refractivity contribution >= 4 is 25.7 Å². The number of halogens is 9. The third kappa shape index (κ3) is 11.8. The van der Waals surface area contributed by atoms with E-state index in [9.17, 15) is 39.5 Å². The third-order valence-corrected chi connectivity index (χ3v) is 20.3. The Balaban J connectivity index is 7.70. The lowest BCUT2D eigenvalue weighted by molar-refractivity contribution is -0.132. The zero-order valence-corrected chi connectivity index (χ0v) is 29.4. The second-order valence-electron chi connectivity index (χ2n) is 10.2. The van der Waals surface area contributed by atoms with E-state index in [1.807, 2.05) is 0 Å². The average Bonchev–Trinajstić information content (AvgIpc) is 2.93. The summed E-state index contributed by atoms with van der Waals surface area (Å²) in [5.74, 6) is 0. The van der Waals surface area contributed by atoms with Gasteiger partial charge in [0, 0.05) is 80.1 Å². The zero-order valence-electron chi connectivity index (χ0n) is 26.4. The topological polar surface area (TPSA) is 58.6 Å². The van der Waals surface area contributed by atoms with E-state index in [2.05, 4.69) is 0 Å². The largest absolute Gasteiger partial charge is 0.397 e. The number of alkyl halides is 9. The first kappa shape index (κ1) is 42.7. The Bertz CT molecular complexity index is 681. The molecule has 260 valence electrons. The molecule has 0 radical (unpaired) electrons. The van der Waals surface area contributed by atoms with Gasteiger partial charge in [0.25, 0.3) is 0 Å². The fraction of sp³-hybridized carbons (Fsp3) is 1.00. The van der Waals surface area contributed by atoms with Crippen molar-refractivity contribution in [2.75, 3.05) is 42.7 Å². The molecule has 3 atom stereocenters. The van der Waals surface area contributed by atoms with Crippen molar-refractivity contribution in [2.24, 2.45) is 0 Å². The van der Waals surface area contributed by atoms with E-state index in [4.69, 9.17) is 26.6 Å². The van der Waals surface area contributed by atoms with Crippen molar-refractivity contribution in [1.29, 1.82) is 0 Å². The molecule has 19 heteroatoms. The van der Waals surface area contributed by atoms with Gasteiger partial charge in [0.2, 0.25) is 0 Å². The number of hydrogen-bond donors (Lipinski definition) is 0. The molecule has 0 aliphatic heterocycles. The molecule has 0 fully saturated rings. The highest BCUT2D eigenvalue weighted by Gasteiger charge is 2.61. The van der Waals surface area contributed by atoms with Crippen LogP contribution < -0.4 is 0 Å². The molecular formula is C24H48F9NO6Si3. The van der Waals surface area contributed by atoms with Crippen LogP contribution in [0.5, 0.6) is 0 Å². The molecule has 0 aromatic heterocycles. The van der Waals surface area contributed by atoms with E-state index in [1.54, 1.807) is 25.7 Å². The summed E-state index contributed by atoms with van der Waals surface area (Å²) in [5.41, 5.74) is -2.98. The van der Waals surface area contributed by atoms with Crippen LogP contribution in [0.3, 0.4) is 0 Å². The summed E-state index contributed by atoms with van der Waals surface area (Å²) >= 11 is 0. The van der Waals surface area contributed by atoms with Gasteiger partial charge in [0.15, 0.2) is 0 Å². The van der Waals surface area contributed by atoms with Crippen LogP contribution in [0.4, 0.5) is 39.5 Å². The lowest BCUT2D eigenvalue weighted by Gasteiger charge is -2.54. The van der Waals surface area contributed by atoms with Gasteiger partial charge >= 0.3 is 44.2 Å². The maximum absolute atomic E-state index is 13.5. The highest BCUT2D eigenvalue weighted by atomic mass is 28.4. The highest BCUT2D eigenvalue weighted by Crippen LogP contribution is 2.41. The van der Waals surface area contributed by atoms with Crippen LogP contribution in [0.25, 0.3) is 0 Å². The van der Waals surface area contributed by atoms with E-state index in [0.29, 0.717) is 0 Å². The fourth-order valence-corrected chi connectivity index (χ4v) is 17.0. The molecule has 0 saturated heterocycles. The highest BCUT2D eigenvalue weighted by molar-refractivity contribution is 6.72. The normalized spacial score (nSPS) is 16.5. The van der Waals surface area contributed by atoms with Gasteiger partial charge in [-0.05, 0) is 19.3 Å². The Labute approximate surface area is 252 Å². The molecule has 43 heavy (non-hydrogen) atoms. The molecule has 3 unspecified atom stereocenters. The van der Waals surface area contributed by atoms with Crippen LogP contribution in [0.15, 0.2) is 0 Å². The number of hydrogen-bond acceptors (Lipinski definition) is 7. The summed E-state index contributed by atoms with van der Waals surface area (Å²) in [5, 5.41) is 0. The minimum Gasteiger partial charge on any atom is -0.397 e. The smallest absolute Gasteiger partial charge is 0.389 e. The molecule has 0 bridgehead atoms. The summed E-state index contributed by atoms with van der Waals surface area (Å²) in [6, 6.07) is -1.71. The number of rotatable bonds is 21. The quantitative estimate of drug-likeness (QED) is 0.0920. The van der Waals surface area contributed by atoms with Crippen molar-refractivity contribution in [3.05, 3.63) is 0 Å². The molecule has 7 nitrogen and oxygen atoms in total. The molecule has 0 N–H and O–H groups in total. The minimum absolute atomic E-state index is 0.0904. The van der Waals surface area contributed by atoms with Gasteiger partial charge in [0.05, 0.1) is 17.0 Å². The number of nitrogens with zero attached hydrogens (tertiary/aromatic N) is 1. The van der Waals surface area contributed by atoms with E-state index in [-0.39, 0.29) is 19.3 Å². The summed E-state index contributed by atoms with van der Waals surface area (Å²) in [6.07, 6.45) is -17.3. The van der Waals surface area contributed by atoms with Gasteiger partial charge in [-0.3, -0.25) is 4.90 Å². The fourth-order valence-electron chi connectivity index (χ4n) is 6.02. The Morgan fingerprint density at radius 1 is 0.442 bits per heavy atom. The zero-order chi connectivity index (χ0) is 33.9. The van der Waals surface area contributed by atoms with E-state index in [0.717, 1.165) is 0 Å². The molecule has 0 aliphatic rings. The van der Waals surface area contributed by atoms with Gasteiger partial charge in [-0.2, -0.15) is 39.5 Å². The first-order valence-electron chi connectivity index (χ1n) is 14.0. The van der Waals surface area contributed by atoms with E-state index < -0.39 is 98.6 Å². The molecule has 0 spiro atoms. The average molecular weight is 702 g/mol. The van der Waals surface area contributed by atoms with Gasteiger partial charge in [0.1, 0.15) is 0 Å². The van der Waals surface area contributed by atoms with Crippen molar-refractivity contribution < 1.29 is 66.1 Å². The lowest BCUT2D eigenvalue weighted by Crippen LogP contribution is -2.75. The second kappa shape index (κ2) is 17.6. The molecular weight excluding hydrogens is 654 g/mol. The van der Waals surface area contributed by atoms with Crippen LogP contribution >= 0.6 is 0 Å². The van der Waals surface area contributed by atoms with Crippen molar-refractivity contribution in [1.82, 2.24) is 4.90 Å². The maximum Gasteiger partial charge on any atom is 0.389 e. The van der Waals surface area contributed by atoms with Gasteiger partial charge in [-0.25, -0.2) is 0 Å². The predicted molar refractivity (Wildman–Crippen MR) is 150 cm³/mol. The predicted octanol–water partition coefficient (Wildman–Crippen LogP) is 7.30. The van der Waals surface area contributed by atoms with Crippen molar-refractivity contribution in [3.8, 4) is 0 Å². The Kier molecular flexibility index (Phi) is 17.5. The van der Waals surface area contributed by atoms with Crippen LogP contribution in [-0.2, 0) is 26.6 Å². The molecule has 0 aromatic carbocycles. The third-order valence-electron chi connectivity index (χ3n) is 8.11. The minimum atomic E-state index is -4.58.